The Kier molecular flexibility index (Phi) is 5.91. The second kappa shape index (κ2) is 7.48. The summed E-state index contributed by atoms with van der Waals surface area (Å²) in [5.41, 5.74) is 0.961. The smallest absolute Gasteiger partial charge is 0.223 e. The van der Waals surface area contributed by atoms with Crippen LogP contribution in [0.15, 0.2) is 18.2 Å². The Bertz CT molecular complexity index is 507. The number of rotatable bonds is 4. The topological polar surface area (TPSA) is 41.1 Å². The van der Waals surface area contributed by atoms with Crippen molar-refractivity contribution in [1.82, 2.24) is 10.6 Å². The van der Waals surface area contributed by atoms with Crippen molar-refractivity contribution in [3.8, 4) is 0 Å². The number of amides is 1. The van der Waals surface area contributed by atoms with Gasteiger partial charge in [-0.1, -0.05) is 36.2 Å². The second-order valence-electron chi connectivity index (χ2n) is 5.93. The van der Waals surface area contributed by atoms with E-state index in [9.17, 15) is 4.79 Å². The first-order valence-electron chi connectivity index (χ1n) is 7.43. The monoisotopic (exact) mass is 328 g/mol. The van der Waals surface area contributed by atoms with E-state index < -0.39 is 0 Å². The van der Waals surface area contributed by atoms with E-state index in [2.05, 4.69) is 17.6 Å². The van der Waals surface area contributed by atoms with E-state index in [1.807, 2.05) is 19.1 Å². The Labute approximate surface area is 136 Å². The van der Waals surface area contributed by atoms with Crippen LogP contribution in [-0.2, 0) is 11.2 Å². The molecule has 2 rings (SSSR count). The zero-order valence-corrected chi connectivity index (χ0v) is 14.0. The van der Waals surface area contributed by atoms with Crippen LogP contribution in [0.2, 0.25) is 10.0 Å². The molecule has 2 N–H and O–H groups in total. The van der Waals surface area contributed by atoms with Crippen LogP contribution in [0.1, 0.15) is 32.3 Å². The van der Waals surface area contributed by atoms with Gasteiger partial charge in [-0.25, -0.2) is 0 Å². The average molecular weight is 329 g/mol. The molecule has 1 amide bonds. The van der Waals surface area contributed by atoms with Gasteiger partial charge in [-0.15, -0.1) is 0 Å². The van der Waals surface area contributed by atoms with Crippen LogP contribution in [0.4, 0.5) is 0 Å². The van der Waals surface area contributed by atoms with Crippen LogP contribution in [0, 0.1) is 5.92 Å². The summed E-state index contributed by atoms with van der Waals surface area (Å²) in [5, 5.41) is 7.78. The predicted molar refractivity (Wildman–Crippen MR) is 88.0 cm³/mol. The fraction of sp³-hybridized carbons (Fsp3) is 0.562. The summed E-state index contributed by atoms with van der Waals surface area (Å²) in [4.78, 5) is 12.3. The first-order valence-corrected chi connectivity index (χ1v) is 8.19. The Morgan fingerprint density at radius 3 is 2.90 bits per heavy atom. The summed E-state index contributed by atoms with van der Waals surface area (Å²) < 4.78 is 0. The van der Waals surface area contributed by atoms with Crippen molar-refractivity contribution < 1.29 is 4.79 Å². The molecule has 0 radical (unpaired) electrons. The minimum absolute atomic E-state index is 0.0973. The van der Waals surface area contributed by atoms with Gasteiger partial charge in [0, 0.05) is 28.0 Å². The van der Waals surface area contributed by atoms with Crippen molar-refractivity contribution >= 4 is 29.1 Å². The summed E-state index contributed by atoms with van der Waals surface area (Å²) >= 11 is 12.1. The van der Waals surface area contributed by atoms with Crippen molar-refractivity contribution in [2.75, 3.05) is 6.54 Å². The maximum atomic E-state index is 12.3. The molecule has 21 heavy (non-hydrogen) atoms. The van der Waals surface area contributed by atoms with Gasteiger partial charge in [0.2, 0.25) is 5.91 Å². The number of halogens is 2. The van der Waals surface area contributed by atoms with Gasteiger partial charge in [-0.2, -0.15) is 0 Å². The molecule has 1 saturated heterocycles. The van der Waals surface area contributed by atoms with E-state index in [-0.39, 0.29) is 17.9 Å². The zero-order valence-electron chi connectivity index (χ0n) is 12.5. The molecule has 1 heterocycles. The van der Waals surface area contributed by atoms with Gasteiger partial charge < -0.3 is 10.6 Å². The molecular formula is C16H22Cl2N2O. The summed E-state index contributed by atoms with van der Waals surface area (Å²) in [6.07, 6.45) is 2.60. The third-order valence-corrected chi connectivity index (χ3v) is 4.55. The highest BCUT2D eigenvalue weighted by atomic mass is 35.5. The molecule has 0 spiro atoms. The molecule has 0 aromatic heterocycles. The maximum absolute atomic E-state index is 12.3. The minimum atomic E-state index is -0.103. The minimum Gasteiger partial charge on any atom is -0.353 e. The Morgan fingerprint density at radius 1 is 1.48 bits per heavy atom. The third-order valence-electron chi connectivity index (χ3n) is 3.96. The molecule has 5 heteroatoms. The molecule has 1 fully saturated rings. The lowest BCUT2D eigenvalue weighted by Crippen LogP contribution is -2.48. The zero-order chi connectivity index (χ0) is 15.4. The van der Waals surface area contributed by atoms with E-state index in [0.717, 1.165) is 24.9 Å². The summed E-state index contributed by atoms with van der Waals surface area (Å²) in [6.45, 7) is 5.05. The molecule has 1 aliphatic rings. The van der Waals surface area contributed by atoms with Gasteiger partial charge in [0.1, 0.15) is 0 Å². The quantitative estimate of drug-likeness (QED) is 0.889. The fourth-order valence-corrected chi connectivity index (χ4v) is 3.20. The third kappa shape index (κ3) is 4.87. The lowest BCUT2D eigenvalue weighted by atomic mass is 9.97. The molecule has 116 valence electrons. The Morgan fingerprint density at radius 2 is 2.24 bits per heavy atom. The van der Waals surface area contributed by atoms with Gasteiger partial charge in [-0.3, -0.25) is 4.79 Å². The Balaban J connectivity index is 1.90. The molecule has 0 aliphatic carbocycles. The standard InChI is InChI=1S/C16H22Cl2N2O/c1-10(7-12-3-4-13(17)9-15(12)18)16(21)20-14-5-6-19-11(2)8-14/h3-4,9-11,14,19H,5-8H2,1-2H3,(H,20,21). The number of hydrogen-bond donors (Lipinski definition) is 2. The molecule has 3 unspecified atom stereocenters. The molecule has 0 saturated carbocycles. The van der Waals surface area contributed by atoms with E-state index in [0.29, 0.717) is 22.5 Å². The van der Waals surface area contributed by atoms with E-state index in [1.165, 1.54) is 0 Å². The van der Waals surface area contributed by atoms with Crippen LogP contribution in [-0.4, -0.2) is 24.5 Å². The van der Waals surface area contributed by atoms with Crippen LogP contribution < -0.4 is 10.6 Å². The SMILES string of the molecule is CC1CC(NC(=O)C(C)Cc2ccc(Cl)cc2Cl)CCN1. The number of benzene rings is 1. The number of carbonyl (C=O) groups excluding carboxylic acids is 1. The highest BCUT2D eigenvalue weighted by Gasteiger charge is 2.22. The summed E-state index contributed by atoms with van der Waals surface area (Å²) in [6, 6.07) is 6.16. The normalized spacial score (nSPS) is 23.6. The Hall–Kier alpha value is -0.770. The fourth-order valence-electron chi connectivity index (χ4n) is 2.72. The number of carbonyl (C=O) groups is 1. The van der Waals surface area contributed by atoms with Crippen LogP contribution in [0.5, 0.6) is 0 Å². The van der Waals surface area contributed by atoms with Crippen molar-refractivity contribution in [2.24, 2.45) is 5.92 Å². The predicted octanol–water partition coefficient (Wildman–Crippen LogP) is 3.43. The molecular weight excluding hydrogens is 307 g/mol. The van der Waals surface area contributed by atoms with E-state index >= 15 is 0 Å². The van der Waals surface area contributed by atoms with Crippen LogP contribution >= 0.6 is 23.2 Å². The largest absolute Gasteiger partial charge is 0.353 e. The van der Waals surface area contributed by atoms with Crippen molar-refractivity contribution in [1.29, 1.82) is 0 Å². The lowest BCUT2D eigenvalue weighted by Gasteiger charge is -2.29. The molecule has 3 nitrogen and oxygen atoms in total. The van der Waals surface area contributed by atoms with Gasteiger partial charge >= 0.3 is 0 Å². The van der Waals surface area contributed by atoms with Gasteiger partial charge in [0.15, 0.2) is 0 Å². The van der Waals surface area contributed by atoms with Gasteiger partial charge in [0.05, 0.1) is 0 Å². The van der Waals surface area contributed by atoms with Crippen molar-refractivity contribution in [2.45, 2.75) is 45.2 Å². The van der Waals surface area contributed by atoms with Crippen LogP contribution in [0.25, 0.3) is 0 Å². The van der Waals surface area contributed by atoms with Crippen molar-refractivity contribution in [3.05, 3.63) is 33.8 Å². The highest BCUT2D eigenvalue weighted by molar-refractivity contribution is 6.35. The van der Waals surface area contributed by atoms with Crippen molar-refractivity contribution in [3.63, 3.8) is 0 Å². The highest BCUT2D eigenvalue weighted by Crippen LogP contribution is 2.23. The number of piperidine rings is 1. The van der Waals surface area contributed by atoms with Gasteiger partial charge in [-0.05, 0) is 50.4 Å². The summed E-state index contributed by atoms with van der Waals surface area (Å²) in [5.74, 6) is -0.00557. The number of hydrogen-bond acceptors (Lipinski definition) is 2. The number of nitrogens with one attached hydrogen (secondary N) is 2. The lowest BCUT2D eigenvalue weighted by molar-refractivity contribution is -0.125. The molecule has 1 aromatic carbocycles. The molecule has 1 aliphatic heterocycles. The first kappa shape index (κ1) is 16.6. The van der Waals surface area contributed by atoms with E-state index in [1.54, 1.807) is 6.07 Å². The van der Waals surface area contributed by atoms with Crippen LogP contribution in [0.3, 0.4) is 0 Å². The molecule has 0 bridgehead atoms. The maximum Gasteiger partial charge on any atom is 0.223 e. The average Bonchev–Trinajstić information content (AvgIpc) is 2.41. The second-order valence-corrected chi connectivity index (χ2v) is 6.77. The van der Waals surface area contributed by atoms with E-state index in [4.69, 9.17) is 23.2 Å². The molecule has 1 aromatic rings. The van der Waals surface area contributed by atoms with Gasteiger partial charge in [0.25, 0.3) is 0 Å². The molecule has 3 atom stereocenters. The first-order chi connectivity index (χ1) is 9.95. The summed E-state index contributed by atoms with van der Waals surface area (Å²) in [7, 11) is 0.